The van der Waals surface area contributed by atoms with Crippen molar-refractivity contribution in [1.29, 1.82) is 0 Å². The molecule has 4 heterocycles. The maximum atomic E-state index is 14.4. The monoisotopic (exact) mass is 357 g/mol. The largest absolute Gasteiger partial charge is 0.413 e. The summed E-state index contributed by atoms with van der Waals surface area (Å²) in [6.07, 6.45) is 2.63. The van der Waals surface area contributed by atoms with E-state index in [0.29, 0.717) is 22.5 Å². The summed E-state index contributed by atoms with van der Waals surface area (Å²) < 4.78 is 36.9. The van der Waals surface area contributed by atoms with Crippen molar-refractivity contribution < 1.29 is 13.2 Å². The van der Waals surface area contributed by atoms with E-state index in [2.05, 4.69) is 24.5 Å². The number of rotatable bonds is 3. The molecule has 0 aliphatic carbocycles. The highest BCUT2D eigenvalue weighted by Gasteiger charge is 2.18. The van der Waals surface area contributed by atoms with Crippen LogP contribution in [-0.4, -0.2) is 24.5 Å². The van der Waals surface area contributed by atoms with E-state index in [1.54, 1.807) is 18.5 Å². The second-order valence-corrected chi connectivity index (χ2v) is 5.80. The van der Waals surface area contributed by atoms with Crippen LogP contribution in [0.1, 0.15) is 5.69 Å². The maximum Gasteiger partial charge on any atom is 0.266 e. The SMILES string of the molecule is Cc1nc(-c2nnc(-c3ccc(F)cn3)o2)cc(-c2cnsc2)c1F. The van der Waals surface area contributed by atoms with Crippen molar-refractivity contribution in [2.75, 3.05) is 0 Å². The van der Waals surface area contributed by atoms with Crippen molar-refractivity contribution in [2.45, 2.75) is 6.92 Å². The summed E-state index contributed by atoms with van der Waals surface area (Å²) in [5.74, 6) is -0.650. The summed E-state index contributed by atoms with van der Waals surface area (Å²) in [4.78, 5) is 8.05. The van der Waals surface area contributed by atoms with Gasteiger partial charge in [0.2, 0.25) is 0 Å². The number of hydrogen-bond donors (Lipinski definition) is 0. The summed E-state index contributed by atoms with van der Waals surface area (Å²) in [5.41, 5.74) is 1.88. The Morgan fingerprint density at radius 2 is 1.84 bits per heavy atom. The number of nitrogens with zero attached hydrogens (tertiary/aromatic N) is 5. The zero-order valence-electron chi connectivity index (χ0n) is 12.8. The molecule has 4 aromatic heterocycles. The van der Waals surface area contributed by atoms with Gasteiger partial charge in [-0.2, -0.15) is 0 Å². The number of halogens is 2. The molecule has 0 bridgehead atoms. The average molecular weight is 357 g/mol. The van der Waals surface area contributed by atoms with Gasteiger partial charge in [-0.25, -0.2) is 23.1 Å². The summed E-state index contributed by atoms with van der Waals surface area (Å²) in [6.45, 7) is 1.56. The fourth-order valence-electron chi connectivity index (χ4n) is 2.25. The van der Waals surface area contributed by atoms with Gasteiger partial charge in [-0.05, 0) is 36.7 Å². The lowest BCUT2D eigenvalue weighted by Crippen LogP contribution is -1.95. The molecule has 124 valence electrons. The second kappa shape index (κ2) is 6.10. The first kappa shape index (κ1) is 15.5. The Balaban J connectivity index is 1.77. The van der Waals surface area contributed by atoms with E-state index in [0.717, 1.165) is 6.20 Å². The first-order valence-corrected chi connectivity index (χ1v) is 7.98. The number of aryl methyl sites for hydroxylation is 1. The molecule has 0 atom stereocenters. The Morgan fingerprint density at radius 1 is 1.04 bits per heavy atom. The minimum Gasteiger partial charge on any atom is -0.413 e. The molecule has 0 saturated carbocycles. The fourth-order valence-corrected chi connectivity index (χ4v) is 2.78. The lowest BCUT2D eigenvalue weighted by molar-refractivity contribution is 0.575. The van der Waals surface area contributed by atoms with Crippen LogP contribution in [0.5, 0.6) is 0 Å². The Labute approximate surface area is 144 Å². The third-order valence-electron chi connectivity index (χ3n) is 3.46. The lowest BCUT2D eigenvalue weighted by atomic mass is 10.1. The van der Waals surface area contributed by atoms with E-state index in [1.165, 1.54) is 29.7 Å². The van der Waals surface area contributed by atoms with E-state index in [1.807, 2.05) is 0 Å². The van der Waals surface area contributed by atoms with Crippen LogP contribution in [0.2, 0.25) is 0 Å². The lowest BCUT2D eigenvalue weighted by Gasteiger charge is -2.05. The summed E-state index contributed by atoms with van der Waals surface area (Å²) in [5, 5.41) is 9.56. The zero-order valence-corrected chi connectivity index (χ0v) is 13.6. The molecule has 0 unspecified atom stereocenters. The molecule has 6 nitrogen and oxygen atoms in total. The highest BCUT2D eigenvalue weighted by atomic mass is 32.1. The standard InChI is InChI=1S/C16H9F2N5OS/c1-8-14(18)11(9-5-20-25-7-9)4-13(21-8)16-23-22-15(24-16)12-3-2-10(17)6-19-12/h2-7H,1H3. The number of aromatic nitrogens is 5. The van der Waals surface area contributed by atoms with Gasteiger partial charge >= 0.3 is 0 Å². The molecule has 4 aromatic rings. The van der Waals surface area contributed by atoms with Gasteiger partial charge in [-0.1, -0.05) is 0 Å². The predicted molar refractivity (Wildman–Crippen MR) is 86.5 cm³/mol. The molecule has 0 saturated heterocycles. The molecule has 0 fully saturated rings. The second-order valence-electron chi connectivity index (χ2n) is 5.14. The van der Waals surface area contributed by atoms with Crippen molar-refractivity contribution in [1.82, 2.24) is 24.5 Å². The normalized spacial score (nSPS) is 11.0. The minimum absolute atomic E-state index is 0.119. The molecule has 0 N–H and O–H groups in total. The van der Waals surface area contributed by atoms with Gasteiger partial charge < -0.3 is 4.42 Å². The van der Waals surface area contributed by atoms with E-state index in [9.17, 15) is 8.78 Å². The Hall–Kier alpha value is -3.07. The van der Waals surface area contributed by atoms with E-state index in [4.69, 9.17) is 4.42 Å². The Morgan fingerprint density at radius 3 is 2.52 bits per heavy atom. The third-order valence-corrected chi connectivity index (χ3v) is 4.04. The summed E-state index contributed by atoms with van der Waals surface area (Å²) >= 11 is 1.23. The van der Waals surface area contributed by atoms with Crippen LogP contribution >= 0.6 is 11.5 Å². The van der Waals surface area contributed by atoms with Crippen molar-refractivity contribution >= 4 is 11.5 Å². The van der Waals surface area contributed by atoms with Gasteiger partial charge in [0.05, 0.1) is 11.9 Å². The predicted octanol–water partition coefficient (Wildman–Crippen LogP) is 3.90. The van der Waals surface area contributed by atoms with Crippen LogP contribution in [0.3, 0.4) is 0 Å². The van der Waals surface area contributed by atoms with Crippen molar-refractivity contribution in [3.8, 4) is 34.3 Å². The molecule has 0 aliphatic rings. The van der Waals surface area contributed by atoms with Crippen LogP contribution < -0.4 is 0 Å². The quantitative estimate of drug-likeness (QED) is 0.553. The van der Waals surface area contributed by atoms with Crippen LogP contribution in [0, 0.1) is 18.6 Å². The molecule has 0 aromatic carbocycles. The molecule has 0 spiro atoms. The number of hydrogen-bond acceptors (Lipinski definition) is 7. The first-order chi connectivity index (χ1) is 12.1. The van der Waals surface area contributed by atoms with Crippen LogP contribution in [0.25, 0.3) is 34.3 Å². The van der Waals surface area contributed by atoms with Gasteiger partial charge in [0.1, 0.15) is 17.2 Å². The maximum absolute atomic E-state index is 14.4. The highest BCUT2D eigenvalue weighted by Crippen LogP contribution is 2.30. The van der Waals surface area contributed by atoms with Crippen molar-refractivity contribution in [2.24, 2.45) is 0 Å². The molecule has 0 radical (unpaired) electrons. The van der Waals surface area contributed by atoms with E-state index < -0.39 is 11.6 Å². The topological polar surface area (TPSA) is 77.6 Å². The average Bonchev–Trinajstić information content (AvgIpc) is 3.29. The van der Waals surface area contributed by atoms with Crippen molar-refractivity contribution in [3.05, 3.63) is 53.3 Å². The van der Waals surface area contributed by atoms with Crippen LogP contribution in [0.15, 0.2) is 40.4 Å². The van der Waals surface area contributed by atoms with E-state index in [-0.39, 0.29) is 17.5 Å². The first-order valence-electron chi connectivity index (χ1n) is 7.14. The van der Waals surface area contributed by atoms with Crippen LogP contribution in [0.4, 0.5) is 8.78 Å². The molecular weight excluding hydrogens is 348 g/mol. The Kier molecular flexibility index (Phi) is 3.77. The zero-order chi connectivity index (χ0) is 17.4. The van der Waals surface area contributed by atoms with Gasteiger partial charge in [-0.15, -0.1) is 10.2 Å². The van der Waals surface area contributed by atoms with Crippen LogP contribution in [-0.2, 0) is 0 Å². The van der Waals surface area contributed by atoms with Gasteiger partial charge in [-0.3, -0.25) is 0 Å². The summed E-state index contributed by atoms with van der Waals surface area (Å²) in [7, 11) is 0. The van der Waals surface area contributed by atoms with E-state index >= 15 is 0 Å². The highest BCUT2D eigenvalue weighted by molar-refractivity contribution is 7.03. The smallest absolute Gasteiger partial charge is 0.266 e. The van der Waals surface area contributed by atoms with Gasteiger partial charge in [0, 0.05) is 22.7 Å². The van der Waals surface area contributed by atoms with Crippen molar-refractivity contribution in [3.63, 3.8) is 0 Å². The Bertz CT molecular complexity index is 1030. The molecule has 0 aliphatic heterocycles. The van der Waals surface area contributed by atoms with Gasteiger partial charge in [0.15, 0.2) is 5.82 Å². The van der Waals surface area contributed by atoms with Gasteiger partial charge in [0.25, 0.3) is 11.8 Å². The molecular formula is C16H9F2N5OS. The molecule has 0 amide bonds. The number of pyridine rings is 2. The minimum atomic E-state index is -0.465. The summed E-state index contributed by atoms with van der Waals surface area (Å²) in [6, 6.07) is 4.20. The molecule has 9 heteroatoms. The fraction of sp³-hybridized carbons (Fsp3) is 0.0625. The molecule has 4 rings (SSSR count). The third kappa shape index (κ3) is 2.89. The molecule has 25 heavy (non-hydrogen) atoms.